The first-order chi connectivity index (χ1) is 8.40. The average Bonchev–Trinajstić information content (AvgIpc) is 2.27. The van der Waals surface area contributed by atoms with Crippen LogP contribution in [-0.4, -0.2) is 23.9 Å². The third-order valence-corrected chi connectivity index (χ3v) is 3.08. The Balaban J connectivity index is 2.83. The Morgan fingerprint density at radius 3 is 1.89 bits per heavy atom. The molecule has 1 amide bonds. The van der Waals surface area contributed by atoms with Gasteiger partial charge < -0.3 is 4.90 Å². The van der Waals surface area contributed by atoms with Crippen LogP contribution in [0, 0.1) is 11.8 Å². The molecule has 18 heavy (non-hydrogen) atoms. The molecule has 0 radical (unpaired) electrons. The Bertz CT molecular complexity index is 374. The van der Waals surface area contributed by atoms with Crippen molar-refractivity contribution in [1.82, 2.24) is 4.90 Å². The van der Waals surface area contributed by atoms with Gasteiger partial charge in [-0.1, -0.05) is 43.6 Å². The maximum atomic E-state index is 12.4. The Hall–Kier alpha value is -0.830. The van der Waals surface area contributed by atoms with Gasteiger partial charge in [-0.3, -0.25) is 4.79 Å². The summed E-state index contributed by atoms with van der Waals surface area (Å²) in [5, 5.41) is 0. The molecule has 100 valence electrons. The predicted octanol–water partition coefficient (Wildman–Crippen LogP) is 4.20. The van der Waals surface area contributed by atoms with Crippen LogP contribution in [-0.2, 0) is 0 Å². The van der Waals surface area contributed by atoms with Crippen molar-refractivity contribution in [2.45, 2.75) is 27.7 Å². The molecule has 1 rings (SSSR count). The van der Waals surface area contributed by atoms with E-state index in [1.54, 1.807) is 0 Å². The van der Waals surface area contributed by atoms with Crippen LogP contribution >= 0.6 is 15.9 Å². The topological polar surface area (TPSA) is 20.3 Å². The number of benzene rings is 1. The van der Waals surface area contributed by atoms with E-state index < -0.39 is 0 Å². The van der Waals surface area contributed by atoms with Crippen molar-refractivity contribution in [3.8, 4) is 0 Å². The molecule has 0 saturated carbocycles. The summed E-state index contributed by atoms with van der Waals surface area (Å²) in [6, 6.07) is 7.58. The number of hydrogen-bond donors (Lipinski definition) is 0. The van der Waals surface area contributed by atoms with Crippen molar-refractivity contribution in [2.75, 3.05) is 13.1 Å². The first-order valence-electron chi connectivity index (χ1n) is 6.45. The Labute approximate surface area is 119 Å². The second-order valence-corrected chi connectivity index (χ2v) is 6.42. The molecule has 0 bridgehead atoms. The lowest BCUT2D eigenvalue weighted by molar-refractivity contribution is 0.0715. The van der Waals surface area contributed by atoms with Crippen molar-refractivity contribution in [1.29, 1.82) is 0 Å². The van der Waals surface area contributed by atoms with E-state index in [9.17, 15) is 4.79 Å². The fourth-order valence-corrected chi connectivity index (χ4v) is 2.16. The van der Waals surface area contributed by atoms with Crippen LogP contribution in [0.1, 0.15) is 38.1 Å². The summed E-state index contributed by atoms with van der Waals surface area (Å²) in [5.74, 6) is 1.11. The maximum absolute atomic E-state index is 12.4. The van der Waals surface area contributed by atoms with E-state index in [1.165, 1.54) is 0 Å². The summed E-state index contributed by atoms with van der Waals surface area (Å²) in [4.78, 5) is 14.4. The van der Waals surface area contributed by atoms with Crippen molar-refractivity contribution in [3.63, 3.8) is 0 Å². The molecule has 0 unspecified atom stereocenters. The summed E-state index contributed by atoms with van der Waals surface area (Å²) in [6.07, 6.45) is 0. The monoisotopic (exact) mass is 311 g/mol. The van der Waals surface area contributed by atoms with Crippen LogP contribution in [0.2, 0.25) is 0 Å². The first kappa shape index (κ1) is 15.2. The van der Waals surface area contributed by atoms with Gasteiger partial charge in [-0.15, -0.1) is 0 Å². The standard InChI is InChI=1S/C15H22BrNO/c1-11(2)9-17(10-12(3)4)15(18)13-5-7-14(16)8-6-13/h5-8,11-12H,9-10H2,1-4H3. The molecule has 0 spiro atoms. The summed E-state index contributed by atoms with van der Waals surface area (Å²) >= 11 is 3.39. The van der Waals surface area contributed by atoms with Gasteiger partial charge in [0.05, 0.1) is 0 Å². The van der Waals surface area contributed by atoms with Gasteiger partial charge in [0.2, 0.25) is 0 Å². The maximum Gasteiger partial charge on any atom is 0.253 e. The van der Waals surface area contributed by atoms with E-state index in [1.807, 2.05) is 29.2 Å². The van der Waals surface area contributed by atoms with Crippen LogP contribution in [0.25, 0.3) is 0 Å². The molecule has 0 aliphatic carbocycles. The Morgan fingerprint density at radius 1 is 1.06 bits per heavy atom. The van der Waals surface area contributed by atoms with E-state index >= 15 is 0 Å². The van der Waals surface area contributed by atoms with E-state index in [0.717, 1.165) is 23.1 Å². The lowest BCUT2D eigenvalue weighted by Crippen LogP contribution is -2.37. The van der Waals surface area contributed by atoms with Gasteiger partial charge in [-0.25, -0.2) is 0 Å². The highest BCUT2D eigenvalue weighted by atomic mass is 79.9. The molecule has 2 nitrogen and oxygen atoms in total. The second kappa shape index (κ2) is 6.93. The first-order valence-corrected chi connectivity index (χ1v) is 7.24. The lowest BCUT2D eigenvalue weighted by atomic mass is 10.1. The molecule has 1 aromatic rings. The molecule has 0 atom stereocenters. The smallest absolute Gasteiger partial charge is 0.253 e. The minimum absolute atomic E-state index is 0.130. The zero-order valence-corrected chi connectivity index (χ0v) is 13.2. The van der Waals surface area contributed by atoms with Gasteiger partial charge >= 0.3 is 0 Å². The third-order valence-electron chi connectivity index (χ3n) is 2.55. The molecular weight excluding hydrogens is 290 g/mol. The van der Waals surface area contributed by atoms with E-state index in [4.69, 9.17) is 0 Å². The highest BCUT2D eigenvalue weighted by molar-refractivity contribution is 9.10. The van der Waals surface area contributed by atoms with Crippen molar-refractivity contribution >= 4 is 21.8 Å². The van der Waals surface area contributed by atoms with Gasteiger partial charge in [-0.2, -0.15) is 0 Å². The van der Waals surface area contributed by atoms with Crippen LogP contribution < -0.4 is 0 Å². The quantitative estimate of drug-likeness (QED) is 0.798. The summed E-state index contributed by atoms with van der Waals surface area (Å²) < 4.78 is 0.998. The molecule has 3 heteroatoms. The van der Waals surface area contributed by atoms with E-state index in [0.29, 0.717) is 11.8 Å². The summed E-state index contributed by atoms with van der Waals surface area (Å²) in [7, 11) is 0. The van der Waals surface area contributed by atoms with Gasteiger partial charge in [0.1, 0.15) is 0 Å². The van der Waals surface area contributed by atoms with Gasteiger partial charge in [-0.05, 0) is 36.1 Å². The normalized spacial score (nSPS) is 11.1. The molecule has 0 aliphatic rings. The van der Waals surface area contributed by atoms with Crippen LogP contribution in [0.4, 0.5) is 0 Å². The molecule has 0 heterocycles. The van der Waals surface area contributed by atoms with Gasteiger partial charge in [0.15, 0.2) is 0 Å². The highest BCUT2D eigenvalue weighted by Gasteiger charge is 2.17. The average molecular weight is 312 g/mol. The molecule has 0 aromatic heterocycles. The van der Waals surface area contributed by atoms with Crippen molar-refractivity contribution < 1.29 is 4.79 Å². The van der Waals surface area contributed by atoms with E-state index in [2.05, 4.69) is 43.6 Å². The number of carbonyl (C=O) groups excluding carboxylic acids is 1. The van der Waals surface area contributed by atoms with Crippen molar-refractivity contribution in [2.24, 2.45) is 11.8 Å². The fourth-order valence-electron chi connectivity index (χ4n) is 1.90. The SMILES string of the molecule is CC(C)CN(CC(C)C)C(=O)c1ccc(Br)cc1. The molecule has 0 aliphatic heterocycles. The van der Waals surface area contributed by atoms with Crippen LogP contribution in [0.5, 0.6) is 0 Å². The molecule has 0 N–H and O–H groups in total. The number of amides is 1. The Kier molecular flexibility index (Phi) is 5.86. The number of hydrogen-bond acceptors (Lipinski definition) is 1. The Morgan fingerprint density at radius 2 is 1.50 bits per heavy atom. The van der Waals surface area contributed by atoms with Crippen molar-refractivity contribution in [3.05, 3.63) is 34.3 Å². The van der Waals surface area contributed by atoms with Gasteiger partial charge in [0, 0.05) is 23.1 Å². The molecule has 0 saturated heterocycles. The zero-order valence-electron chi connectivity index (χ0n) is 11.6. The fraction of sp³-hybridized carbons (Fsp3) is 0.533. The zero-order chi connectivity index (χ0) is 13.7. The predicted molar refractivity (Wildman–Crippen MR) is 79.7 cm³/mol. The van der Waals surface area contributed by atoms with E-state index in [-0.39, 0.29) is 5.91 Å². The summed E-state index contributed by atoms with van der Waals surface area (Å²) in [6.45, 7) is 10.2. The minimum Gasteiger partial charge on any atom is -0.338 e. The van der Waals surface area contributed by atoms with Crippen LogP contribution in [0.3, 0.4) is 0 Å². The number of halogens is 1. The molecule has 1 aromatic carbocycles. The van der Waals surface area contributed by atoms with Crippen LogP contribution in [0.15, 0.2) is 28.7 Å². The second-order valence-electron chi connectivity index (χ2n) is 5.50. The largest absolute Gasteiger partial charge is 0.338 e. The third kappa shape index (κ3) is 4.81. The summed E-state index contributed by atoms with van der Waals surface area (Å²) in [5.41, 5.74) is 0.763. The lowest BCUT2D eigenvalue weighted by Gasteiger charge is -2.26. The molecule has 0 fully saturated rings. The highest BCUT2D eigenvalue weighted by Crippen LogP contribution is 2.14. The van der Waals surface area contributed by atoms with Gasteiger partial charge in [0.25, 0.3) is 5.91 Å². The molecular formula is C15H22BrNO. The minimum atomic E-state index is 0.130. The number of carbonyl (C=O) groups is 1. The number of rotatable bonds is 5. The number of nitrogens with zero attached hydrogens (tertiary/aromatic N) is 1.